The summed E-state index contributed by atoms with van der Waals surface area (Å²) in [5.41, 5.74) is 0.858. The van der Waals surface area contributed by atoms with Crippen LogP contribution in [0.25, 0.3) is 0 Å². The number of aliphatic hydroxyl groups excluding tert-OH is 1. The van der Waals surface area contributed by atoms with Crippen molar-refractivity contribution in [3.05, 3.63) is 29.8 Å². The van der Waals surface area contributed by atoms with Crippen LogP contribution in [0, 0.1) is 0 Å². The number of likely N-dealkylation sites (N-methyl/N-ethyl adjacent to an activating group) is 1. The molecule has 0 amide bonds. The summed E-state index contributed by atoms with van der Waals surface area (Å²) < 4.78 is 5.77. The molecule has 1 rings (SSSR count). The van der Waals surface area contributed by atoms with Crippen LogP contribution in [-0.2, 0) is 0 Å². The number of unbranched alkanes of at least 4 members (excludes halogenated alkanes) is 2. The number of aliphatic hydroxyl groups is 1. The predicted molar refractivity (Wildman–Crippen MR) is 79.6 cm³/mol. The molecule has 1 N–H and O–H groups in total. The van der Waals surface area contributed by atoms with Crippen LogP contribution in [0.5, 0.6) is 5.75 Å². The standard InChI is InChI=1S/C16H27NO2/c1-4-5-8-11-17(3)12-13-19-16-10-7-6-9-15(16)14(2)18/h6-7,9-10,14,18H,4-5,8,11-13H2,1-3H3. The lowest BCUT2D eigenvalue weighted by atomic mass is 10.1. The Kier molecular flexibility index (Phi) is 7.53. The van der Waals surface area contributed by atoms with Crippen molar-refractivity contribution in [2.24, 2.45) is 0 Å². The van der Waals surface area contributed by atoms with Crippen molar-refractivity contribution >= 4 is 0 Å². The highest BCUT2D eigenvalue weighted by molar-refractivity contribution is 5.34. The monoisotopic (exact) mass is 265 g/mol. The number of rotatable bonds is 9. The van der Waals surface area contributed by atoms with Crippen molar-refractivity contribution in [3.63, 3.8) is 0 Å². The van der Waals surface area contributed by atoms with E-state index in [1.54, 1.807) is 6.92 Å². The normalized spacial score (nSPS) is 12.7. The predicted octanol–water partition coefficient (Wildman–Crippen LogP) is 3.24. The Morgan fingerprint density at radius 2 is 1.95 bits per heavy atom. The number of para-hydroxylation sites is 1. The van der Waals surface area contributed by atoms with E-state index < -0.39 is 6.10 Å². The van der Waals surface area contributed by atoms with Crippen molar-refractivity contribution < 1.29 is 9.84 Å². The van der Waals surface area contributed by atoms with Crippen molar-refractivity contribution in [3.8, 4) is 5.75 Å². The Morgan fingerprint density at radius 1 is 1.21 bits per heavy atom. The fourth-order valence-electron chi connectivity index (χ4n) is 2.01. The maximum atomic E-state index is 9.67. The first-order valence-corrected chi connectivity index (χ1v) is 7.23. The maximum absolute atomic E-state index is 9.67. The van der Waals surface area contributed by atoms with E-state index in [1.165, 1.54) is 19.3 Å². The van der Waals surface area contributed by atoms with Gasteiger partial charge in [0.25, 0.3) is 0 Å². The molecule has 3 heteroatoms. The summed E-state index contributed by atoms with van der Waals surface area (Å²) >= 11 is 0. The second-order valence-corrected chi connectivity index (χ2v) is 5.07. The van der Waals surface area contributed by atoms with Crippen LogP contribution in [0.1, 0.15) is 44.8 Å². The molecule has 0 aliphatic carbocycles. The van der Waals surface area contributed by atoms with E-state index in [0.717, 1.165) is 24.4 Å². The van der Waals surface area contributed by atoms with Gasteiger partial charge in [-0.3, -0.25) is 0 Å². The van der Waals surface area contributed by atoms with Crippen LogP contribution in [0.15, 0.2) is 24.3 Å². The van der Waals surface area contributed by atoms with Gasteiger partial charge in [0.15, 0.2) is 0 Å². The smallest absolute Gasteiger partial charge is 0.125 e. The minimum atomic E-state index is -0.488. The van der Waals surface area contributed by atoms with Gasteiger partial charge in [0.2, 0.25) is 0 Å². The van der Waals surface area contributed by atoms with Crippen LogP contribution in [0.4, 0.5) is 0 Å². The van der Waals surface area contributed by atoms with E-state index in [4.69, 9.17) is 4.74 Å². The Morgan fingerprint density at radius 3 is 2.63 bits per heavy atom. The molecule has 0 aliphatic rings. The maximum Gasteiger partial charge on any atom is 0.125 e. The molecule has 1 aromatic rings. The van der Waals surface area contributed by atoms with Gasteiger partial charge >= 0.3 is 0 Å². The number of hydrogen-bond acceptors (Lipinski definition) is 3. The lowest BCUT2D eigenvalue weighted by Crippen LogP contribution is -2.25. The third-order valence-corrected chi connectivity index (χ3v) is 3.24. The zero-order valence-electron chi connectivity index (χ0n) is 12.4. The summed E-state index contributed by atoms with van der Waals surface area (Å²) in [4.78, 5) is 2.29. The third kappa shape index (κ3) is 6.08. The minimum Gasteiger partial charge on any atom is -0.492 e. The zero-order valence-corrected chi connectivity index (χ0v) is 12.4. The minimum absolute atomic E-state index is 0.488. The molecular formula is C16H27NO2. The quantitative estimate of drug-likeness (QED) is 0.696. The van der Waals surface area contributed by atoms with E-state index in [1.807, 2.05) is 24.3 Å². The molecule has 0 bridgehead atoms. The first kappa shape index (κ1) is 16.0. The fourth-order valence-corrected chi connectivity index (χ4v) is 2.01. The van der Waals surface area contributed by atoms with E-state index in [9.17, 15) is 5.11 Å². The molecule has 0 saturated heterocycles. The molecule has 1 aromatic carbocycles. The number of benzene rings is 1. The molecule has 0 aliphatic heterocycles. The van der Waals surface area contributed by atoms with Gasteiger partial charge in [-0.05, 0) is 33.0 Å². The summed E-state index contributed by atoms with van der Waals surface area (Å²) in [7, 11) is 2.12. The second-order valence-electron chi connectivity index (χ2n) is 5.07. The van der Waals surface area contributed by atoms with E-state index in [-0.39, 0.29) is 0 Å². The van der Waals surface area contributed by atoms with Gasteiger partial charge < -0.3 is 14.7 Å². The van der Waals surface area contributed by atoms with Crippen LogP contribution < -0.4 is 4.74 Å². The van der Waals surface area contributed by atoms with Gasteiger partial charge in [-0.25, -0.2) is 0 Å². The third-order valence-electron chi connectivity index (χ3n) is 3.24. The molecule has 1 atom stereocenters. The fraction of sp³-hybridized carbons (Fsp3) is 0.625. The Bertz CT molecular complexity index is 352. The molecular weight excluding hydrogens is 238 g/mol. The molecule has 1 unspecified atom stereocenters. The lowest BCUT2D eigenvalue weighted by Gasteiger charge is -2.18. The largest absolute Gasteiger partial charge is 0.492 e. The number of ether oxygens (including phenoxy) is 1. The average molecular weight is 265 g/mol. The van der Waals surface area contributed by atoms with Crippen LogP contribution in [0.2, 0.25) is 0 Å². The molecule has 0 aromatic heterocycles. The van der Waals surface area contributed by atoms with Crippen LogP contribution in [-0.4, -0.2) is 36.8 Å². The van der Waals surface area contributed by atoms with Crippen molar-refractivity contribution in [2.75, 3.05) is 26.7 Å². The first-order valence-electron chi connectivity index (χ1n) is 7.23. The van der Waals surface area contributed by atoms with Crippen LogP contribution >= 0.6 is 0 Å². The lowest BCUT2D eigenvalue weighted by molar-refractivity contribution is 0.186. The Labute approximate surface area is 117 Å². The summed E-state index contributed by atoms with van der Waals surface area (Å²) in [6, 6.07) is 7.68. The molecule has 0 spiro atoms. The van der Waals surface area contributed by atoms with Gasteiger partial charge in [-0.1, -0.05) is 38.0 Å². The summed E-state index contributed by atoms with van der Waals surface area (Å²) in [6.45, 7) is 6.68. The van der Waals surface area contributed by atoms with Crippen molar-refractivity contribution in [1.29, 1.82) is 0 Å². The summed E-state index contributed by atoms with van der Waals surface area (Å²) in [5, 5.41) is 9.67. The van der Waals surface area contributed by atoms with Gasteiger partial charge in [0.1, 0.15) is 12.4 Å². The zero-order chi connectivity index (χ0) is 14.1. The van der Waals surface area contributed by atoms with Crippen molar-refractivity contribution in [1.82, 2.24) is 4.90 Å². The Balaban J connectivity index is 2.33. The number of hydrogen-bond donors (Lipinski definition) is 1. The van der Waals surface area contributed by atoms with E-state index >= 15 is 0 Å². The van der Waals surface area contributed by atoms with E-state index in [0.29, 0.717) is 6.61 Å². The molecule has 0 heterocycles. The van der Waals surface area contributed by atoms with Gasteiger partial charge in [-0.15, -0.1) is 0 Å². The SMILES string of the molecule is CCCCCN(C)CCOc1ccccc1C(C)O. The molecule has 0 radical (unpaired) electrons. The molecule has 3 nitrogen and oxygen atoms in total. The highest BCUT2D eigenvalue weighted by atomic mass is 16.5. The topological polar surface area (TPSA) is 32.7 Å². The number of nitrogens with zero attached hydrogens (tertiary/aromatic N) is 1. The first-order chi connectivity index (χ1) is 9.15. The summed E-state index contributed by atoms with van der Waals surface area (Å²) in [5.74, 6) is 0.791. The van der Waals surface area contributed by atoms with Gasteiger partial charge in [0, 0.05) is 12.1 Å². The Hall–Kier alpha value is -1.06. The highest BCUT2D eigenvalue weighted by Crippen LogP contribution is 2.24. The molecule has 0 saturated carbocycles. The molecule has 19 heavy (non-hydrogen) atoms. The second kappa shape index (κ2) is 8.94. The van der Waals surface area contributed by atoms with E-state index in [2.05, 4.69) is 18.9 Å². The highest BCUT2D eigenvalue weighted by Gasteiger charge is 2.08. The van der Waals surface area contributed by atoms with Gasteiger partial charge in [-0.2, -0.15) is 0 Å². The molecule has 0 fully saturated rings. The van der Waals surface area contributed by atoms with Gasteiger partial charge in [0.05, 0.1) is 6.10 Å². The average Bonchev–Trinajstić information content (AvgIpc) is 2.39. The summed E-state index contributed by atoms with van der Waals surface area (Å²) in [6.07, 6.45) is 3.30. The van der Waals surface area contributed by atoms with Crippen molar-refractivity contribution in [2.45, 2.75) is 39.2 Å². The van der Waals surface area contributed by atoms with Crippen LogP contribution in [0.3, 0.4) is 0 Å². The molecule has 108 valence electrons.